The normalized spacial score (nSPS) is 28.7. The van der Waals surface area contributed by atoms with Crippen LogP contribution in [0.15, 0.2) is 18.2 Å². The van der Waals surface area contributed by atoms with E-state index in [9.17, 15) is 14.4 Å². The predicted octanol–water partition coefficient (Wildman–Crippen LogP) is 6.08. The summed E-state index contributed by atoms with van der Waals surface area (Å²) in [5.41, 5.74) is 5.21. The summed E-state index contributed by atoms with van der Waals surface area (Å²) in [5.74, 6) is 0.0201. The summed E-state index contributed by atoms with van der Waals surface area (Å²) in [6.07, 6.45) is 5.01. The van der Waals surface area contributed by atoms with Crippen molar-refractivity contribution < 1.29 is 23.9 Å². The summed E-state index contributed by atoms with van der Waals surface area (Å²) in [4.78, 5) is 42.6. The van der Waals surface area contributed by atoms with E-state index in [-0.39, 0.29) is 23.8 Å². The molecule has 4 aliphatic rings. The van der Waals surface area contributed by atoms with Crippen molar-refractivity contribution in [1.29, 1.82) is 0 Å². The van der Waals surface area contributed by atoms with Crippen molar-refractivity contribution in [2.24, 2.45) is 17.3 Å². The highest BCUT2D eigenvalue weighted by molar-refractivity contribution is 6.04. The smallest absolute Gasteiger partial charge is 0.340 e. The second-order valence-corrected chi connectivity index (χ2v) is 12.1. The lowest BCUT2D eigenvalue weighted by Crippen LogP contribution is -2.57. The van der Waals surface area contributed by atoms with Gasteiger partial charge in [-0.05, 0) is 120 Å². The molecule has 0 spiro atoms. The first-order valence-electron chi connectivity index (χ1n) is 13.7. The lowest BCUT2D eigenvalue weighted by Gasteiger charge is -2.61. The molecule has 0 saturated heterocycles. The molecule has 4 fully saturated rings. The van der Waals surface area contributed by atoms with Crippen molar-refractivity contribution in [2.75, 3.05) is 6.61 Å². The molecule has 0 amide bonds. The van der Waals surface area contributed by atoms with E-state index in [1.54, 1.807) is 27.7 Å². The number of H-pyrrole nitrogens is 1. The molecule has 1 N–H and O–H groups in total. The number of carbonyl (C=O) groups is 3. The van der Waals surface area contributed by atoms with E-state index < -0.39 is 17.5 Å². The van der Waals surface area contributed by atoms with Gasteiger partial charge in [0.25, 0.3) is 0 Å². The van der Waals surface area contributed by atoms with Crippen molar-refractivity contribution in [3.8, 4) is 0 Å². The van der Waals surface area contributed by atoms with Crippen LogP contribution in [0.4, 0.5) is 0 Å². The van der Waals surface area contributed by atoms with Gasteiger partial charge < -0.3 is 14.5 Å². The number of Topliss-reactive ketones (excluding diaryl/α,β-unsaturated/α-hetero) is 1. The average Bonchev–Trinajstić information content (AvgIpc) is 3.13. The molecule has 6 nitrogen and oxygen atoms in total. The topological polar surface area (TPSA) is 85.5 Å². The van der Waals surface area contributed by atoms with Crippen molar-refractivity contribution in [3.63, 3.8) is 0 Å². The zero-order valence-corrected chi connectivity index (χ0v) is 23.0. The maximum Gasteiger partial charge on any atom is 0.340 e. The van der Waals surface area contributed by atoms with Gasteiger partial charge in [0.15, 0.2) is 6.10 Å². The molecule has 37 heavy (non-hydrogen) atoms. The molecular formula is C31H39NO5. The minimum absolute atomic E-state index is 0.0104. The Labute approximate surface area is 219 Å². The molecule has 0 aliphatic heterocycles. The van der Waals surface area contributed by atoms with Crippen molar-refractivity contribution >= 4 is 17.7 Å². The van der Waals surface area contributed by atoms with E-state index in [4.69, 9.17) is 9.47 Å². The number of hydrogen-bond donors (Lipinski definition) is 1. The molecular weight excluding hydrogens is 466 g/mol. The molecule has 1 aromatic heterocycles. The molecule has 3 atom stereocenters. The summed E-state index contributed by atoms with van der Waals surface area (Å²) >= 11 is 0. The fourth-order valence-corrected chi connectivity index (χ4v) is 7.96. The molecule has 1 aromatic carbocycles. The molecule has 4 aliphatic carbocycles. The Kier molecular flexibility index (Phi) is 6.36. The monoisotopic (exact) mass is 505 g/mol. The van der Waals surface area contributed by atoms with E-state index in [2.05, 4.69) is 37.0 Å². The van der Waals surface area contributed by atoms with E-state index in [0.29, 0.717) is 34.4 Å². The van der Waals surface area contributed by atoms with Crippen molar-refractivity contribution in [1.82, 2.24) is 4.98 Å². The summed E-state index contributed by atoms with van der Waals surface area (Å²) in [7, 11) is 0. The first kappa shape index (κ1) is 25.7. The molecule has 2 aromatic rings. The lowest BCUT2D eigenvalue weighted by molar-refractivity contribution is -0.176. The van der Waals surface area contributed by atoms with Crippen LogP contribution >= 0.6 is 0 Å². The quantitative estimate of drug-likeness (QED) is 0.364. The van der Waals surface area contributed by atoms with Gasteiger partial charge in [0, 0.05) is 5.69 Å². The summed E-state index contributed by atoms with van der Waals surface area (Å²) in [6.45, 7) is 11.4. The van der Waals surface area contributed by atoms with Gasteiger partial charge in [0.1, 0.15) is 0 Å². The second-order valence-electron chi connectivity index (χ2n) is 12.1. The summed E-state index contributed by atoms with van der Waals surface area (Å²) in [5, 5.41) is 0. The van der Waals surface area contributed by atoms with Crippen LogP contribution < -0.4 is 0 Å². The molecule has 1 heterocycles. The number of hydrogen-bond acceptors (Lipinski definition) is 5. The maximum absolute atomic E-state index is 13.8. The fraction of sp³-hybridized carbons (Fsp3) is 0.581. The predicted molar refractivity (Wildman–Crippen MR) is 141 cm³/mol. The van der Waals surface area contributed by atoms with Gasteiger partial charge in [-0.25, -0.2) is 4.79 Å². The van der Waals surface area contributed by atoms with Crippen LogP contribution in [-0.4, -0.2) is 35.4 Å². The van der Waals surface area contributed by atoms with Crippen LogP contribution in [0.3, 0.4) is 0 Å². The molecule has 6 rings (SSSR count). The van der Waals surface area contributed by atoms with Gasteiger partial charge in [0.2, 0.25) is 5.78 Å². The Hall–Kier alpha value is -2.89. The highest BCUT2D eigenvalue weighted by Crippen LogP contribution is 2.66. The molecule has 3 unspecified atom stereocenters. The number of carbonyl (C=O) groups excluding carboxylic acids is 3. The van der Waals surface area contributed by atoms with Gasteiger partial charge in [-0.1, -0.05) is 18.2 Å². The number of nitrogens with one attached hydrogen (secondary N) is 1. The minimum Gasteiger partial charge on any atom is -0.462 e. The zero-order valence-electron chi connectivity index (χ0n) is 23.0. The highest BCUT2D eigenvalue weighted by Gasteiger charge is 2.62. The third kappa shape index (κ3) is 4.22. The highest BCUT2D eigenvalue weighted by atomic mass is 16.5. The van der Waals surface area contributed by atoms with Crippen LogP contribution in [0.1, 0.15) is 101 Å². The molecule has 4 saturated carbocycles. The number of ether oxygens (including phenoxy) is 2. The Bertz CT molecular complexity index is 1260. The standard InChI is InChI=1S/C31H39NO5/c1-7-36-28(34)25-19(4)26(32-20(25)5)27(33)21(6)37-29(35)31-14-22-11-23(15-31)13-30(12-22,16-31)24-9-8-17(2)18(3)10-24/h8-10,21-23,32H,7,11-16H2,1-6H3. The van der Waals surface area contributed by atoms with Crippen LogP contribution in [0, 0.1) is 44.9 Å². The number of aryl methyl sites for hydroxylation is 3. The lowest BCUT2D eigenvalue weighted by atomic mass is 9.43. The third-order valence-electron chi connectivity index (χ3n) is 9.43. The van der Waals surface area contributed by atoms with E-state index in [1.165, 1.54) is 23.1 Å². The zero-order chi connectivity index (χ0) is 26.7. The van der Waals surface area contributed by atoms with Crippen LogP contribution in [0.5, 0.6) is 0 Å². The second kappa shape index (κ2) is 9.14. The van der Waals surface area contributed by atoms with E-state index >= 15 is 0 Å². The Morgan fingerprint density at radius 2 is 1.70 bits per heavy atom. The number of esters is 2. The van der Waals surface area contributed by atoms with Crippen LogP contribution in [0.25, 0.3) is 0 Å². The average molecular weight is 506 g/mol. The van der Waals surface area contributed by atoms with Crippen molar-refractivity contribution in [2.45, 2.75) is 91.6 Å². The first-order chi connectivity index (χ1) is 17.5. The van der Waals surface area contributed by atoms with Gasteiger partial charge in [-0.15, -0.1) is 0 Å². The van der Waals surface area contributed by atoms with Crippen LogP contribution in [-0.2, 0) is 19.7 Å². The number of rotatable bonds is 7. The van der Waals surface area contributed by atoms with Gasteiger partial charge in [0.05, 0.1) is 23.3 Å². The van der Waals surface area contributed by atoms with Gasteiger partial charge >= 0.3 is 11.9 Å². The SMILES string of the molecule is CCOC(=O)c1c(C)[nH]c(C(=O)C(C)OC(=O)C23CC4CC(C2)CC(c2ccc(C)c(C)c2)(C4)C3)c1C. The summed E-state index contributed by atoms with van der Waals surface area (Å²) in [6, 6.07) is 6.80. The molecule has 0 radical (unpaired) electrons. The largest absolute Gasteiger partial charge is 0.462 e. The van der Waals surface area contributed by atoms with Crippen molar-refractivity contribution in [3.05, 3.63) is 57.4 Å². The Morgan fingerprint density at radius 3 is 2.32 bits per heavy atom. The summed E-state index contributed by atoms with van der Waals surface area (Å²) < 4.78 is 11.1. The number of aromatic nitrogens is 1. The molecule has 6 heteroatoms. The van der Waals surface area contributed by atoms with Crippen LogP contribution in [0.2, 0.25) is 0 Å². The molecule has 198 valence electrons. The maximum atomic E-state index is 13.8. The Balaban J connectivity index is 1.37. The molecule has 4 bridgehead atoms. The van der Waals surface area contributed by atoms with E-state index in [1.807, 2.05) is 0 Å². The Morgan fingerprint density at radius 1 is 1.03 bits per heavy atom. The van der Waals surface area contributed by atoms with Gasteiger partial charge in [-0.2, -0.15) is 0 Å². The number of aromatic amines is 1. The minimum atomic E-state index is -0.940. The number of benzene rings is 1. The van der Waals surface area contributed by atoms with Gasteiger partial charge in [-0.3, -0.25) is 9.59 Å². The third-order valence-corrected chi connectivity index (χ3v) is 9.43. The fourth-order valence-electron chi connectivity index (χ4n) is 7.96. The number of ketones is 1. The van der Waals surface area contributed by atoms with E-state index in [0.717, 1.165) is 32.1 Å². The first-order valence-corrected chi connectivity index (χ1v) is 13.7.